The molecule has 1 aromatic carbocycles. The monoisotopic (exact) mass is 351 g/mol. The van der Waals surface area contributed by atoms with Crippen molar-refractivity contribution >= 4 is 15.9 Å². The average molecular weight is 352 g/mol. The van der Waals surface area contributed by atoms with Gasteiger partial charge in [0.05, 0.1) is 7.11 Å². The number of rotatable bonds is 4. The highest BCUT2D eigenvalue weighted by atomic mass is 79.9. The first-order valence-electron chi connectivity index (χ1n) is 8.11. The largest absolute Gasteiger partial charge is 0.496 e. The van der Waals surface area contributed by atoms with E-state index >= 15 is 0 Å². The van der Waals surface area contributed by atoms with E-state index in [1.807, 2.05) is 0 Å². The van der Waals surface area contributed by atoms with Crippen LogP contribution in [0.2, 0.25) is 0 Å². The number of nitrogens with one attached hydrogen (secondary N) is 1. The SMILES string of the molecule is CNC(c1c(C)c(Br)cc(C)c1OC)C1C2CCCCC21. The van der Waals surface area contributed by atoms with Crippen LogP contribution in [0.4, 0.5) is 0 Å². The van der Waals surface area contributed by atoms with Crippen LogP contribution >= 0.6 is 15.9 Å². The fraction of sp³-hybridized carbons (Fsp3) is 0.667. The Morgan fingerprint density at radius 1 is 1.24 bits per heavy atom. The second-order valence-electron chi connectivity index (χ2n) is 6.70. The fourth-order valence-electron chi connectivity index (χ4n) is 4.59. The Balaban J connectivity index is 2.01. The van der Waals surface area contributed by atoms with Gasteiger partial charge in [0.25, 0.3) is 0 Å². The fourth-order valence-corrected chi connectivity index (χ4v) is 5.15. The van der Waals surface area contributed by atoms with Gasteiger partial charge in [0.1, 0.15) is 5.75 Å². The molecular weight excluding hydrogens is 326 g/mol. The molecule has 1 N–H and O–H groups in total. The minimum absolute atomic E-state index is 0.421. The van der Waals surface area contributed by atoms with Gasteiger partial charge >= 0.3 is 0 Å². The van der Waals surface area contributed by atoms with E-state index in [1.165, 1.54) is 46.8 Å². The quantitative estimate of drug-likeness (QED) is 0.843. The first-order chi connectivity index (χ1) is 10.1. The lowest BCUT2D eigenvalue weighted by molar-refractivity contribution is 0.386. The highest BCUT2D eigenvalue weighted by Gasteiger charge is 2.54. The third-order valence-corrected chi connectivity index (χ3v) is 6.47. The van der Waals surface area contributed by atoms with Crippen LogP contribution in [0.15, 0.2) is 10.5 Å². The van der Waals surface area contributed by atoms with Gasteiger partial charge in [-0.05, 0) is 68.7 Å². The Hall–Kier alpha value is -0.540. The number of hydrogen-bond donors (Lipinski definition) is 1. The summed E-state index contributed by atoms with van der Waals surface area (Å²) in [5.41, 5.74) is 3.90. The lowest BCUT2D eigenvalue weighted by Gasteiger charge is -2.24. The zero-order valence-electron chi connectivity index (χ0n) is 13.5. The molecule has 1 aromatic rings. The summed E-state index contributed by atoms with van der Waals surface area (Å²) >= 11 is 3.72. The van der Waals surface area contributed by atoms with Crippen molar-refractivity contribution in [1.82, 2.24) is 5.32 Å². The van der Waals surface area contributed by atoms with Crippen molar-refractivity contribution in [2.24, 2.45) is 17.8 Å². The summed E-state index contributed by atoms with van der Waals surface area (Å²) in [6, 6.07) is 2.59. The molecule has 0 aliphatic heterocycles. The third kappa shape index (κ3) is 2.53. The van der Waals surface area contributed by atoms with Gasteiger partial charge in [-0.2, -0.15) is 0 Å². The maximum atomic E-state index is 5.77. The summed E-state index contributed by atoms with van der Waals surface area (Å²) in [5, 5.41) is 3.61. The van der Waals surface area contributed by atoms with Gasteiger partial charge in [-0.3, -0.25) is 0 Å². The Kier molecular flexibility index (Phi) is 4.33. The van der Waals surface area contributed by atoms with Crippen LogP contribution in [-0.4, -0.2) is 14.2 Å². The summed E-state index contributed by atoms with van der Waals surface area (Å²) in [7, 11) is 3.90. The van der Waals surface area contributed by atoms with Gasteiger partial charge in [-0.1, -0.05) is 28.8 Å². The van der Waals surface area contributed by atoms with E-state index in [4.69, 9.17) is 4.74 Å². The second-order valence-corrected chi connectivity index (χ2v) is 7.56. The second kappa shape index (κ2) is 5.92. The van der Waals surface area contributed by atoms with E-state index in [0.29, 0.717) is 6.04 Å². The molecule has 0 radical (unpaired) electrons. The van der Waals surface area contributed by atoms with Crippen molar-refractivity contribution in [3.8, 4) is 5.75 Å². The summed E-state index contributed by atoms with van der Waals surface area (Å²) in [6.45, 7) is 4.34. The van der Waals surface area contributed by atoms with Crippen molar-refractivity contribution in [1.29, 1.82) is 0 Å². The van der Waals surface area contributed by atoms with Gasteiger partial charge < -0.3 is 10.1 Å². The zero-order valence-corrected chi connectivity index (χ0v) is 15.1. The Labute approximate surface area is 136 Å². The van der Waals surface area contributed by atoms with Gasteiger partial charge in [0.2, 0.25) is 0 Å². The number of fused-ring (bicyclic) bond motifs is 1. The first-order valence-corrected chi connectivity index (χ1v) is 8.90. The van der Waals surface area contributed by atoms with Crippen molar-refractivity contribution in [2.75, 3.05) is 14.2 Å². The standard InChI is InChI=1S/C18H26BrNO/c1-10-9-14(19)11(2)15(18(10)21-4)17(20-3)16-12-7-5-6-8-13(12)16/h9,12-13,16-17,20H,5-8H2,1-4H3. The zero-order chi connectivity index (χ0) is 15.1. The predicted octanol–water partition coefficient (Wildman–Crippen LogP) is 4.77. The van der Waals surface area contributed by atoms with Crippen LogP contribution in [0, 0.1) is 31.6 Å². The van der Waals surface area contributed by atoms with E-state index in [1.54, 1.807) is 7.11 Å². The molecule has 3 rings (SSSR count). The molecule has 21 heavy (non-hydrogen) atoms. The number of halogens is 1. The number of methoxy groups -OCH3 is 1. The Morgan fingerprint density at radius 2 is 1.86 bits per heavy atom. The van der Waals surface area contributed by atoms with Crippen molar-refractivity contribution in [2.45, 2.75) is 45.6 Å². The molecular formula is C18H26BrNO. The van der Waals surface area contributed by atoms with Gasteiger partial charge in [0, 0.05) is 16.1 Å². The molecule has 0 spiro atoms. The van der Waals surface area contributed by atoms with Crippen LogP contribution in [0.1, 0.15) is 48.4 Å². The lowest BCUT2D eigenvalue weighted by Crippen LogP contribution is -2.22. The van der Waals surface area contributed by atoms with E-state index in [9.17, 15) is 0 Å². The minimum Gasteiger partial charge on any atom is -0.496 e. The molecule has 0 bridgehead atoms. The van der Waals surface area contributed by atoms with Crippen LogP contribution in [0.25, 0.3) is 0 Å². The van der Waals surface area contributed by atoms with E-state index in [2.05, 4.69) is 48.2 Å². The molecule has 0 amide bonds. The highest BCUT2D eigenvalue weighted by Crippen LogP contribution is 2.61. The number of benzene rings is 1. The minimum atomic E-state index is 0.421. The van der Waals surface area contributed by atoms with E-state index in [-0.39, 0.29) is 0 Å². The molecule has 0 heterocycles. The maximum Gasteiger partial charge on any atom is 0.126 e. The molecule has 0 saturated heterocycles. The average Bonchev–Trinajstić information content (AvgIpc) is 3.19. The Bertz CT molecular complexity index is 531. The molecule has 2 saturated carbocycles. The molecule has 3 unspecified atom stereocenters. The van der Waals surface area contributed by atoms with Crippen LogP contribution in [0.3, 0.4) is 0 Å². The van der Waals surface area contributed by atoms with E-state index in [0.717, 1.165) is 23.5 Å². The van der Waals surface area contributed by atoms with Crippen molar-refractivity contribution in [3.05, 3.63) is 27.2 Å². The molecule has 2 nitrogen and oxygen atoms in total. The molecule has 3 atom stereocenters. The van der Waals surface area contributed by atoms with Crippen molar-refractivity contribution < 1.29 is 4.74 Å². The summed E-state index contributed by atoms with van der Waals surface area (Å²) < 4.78 is 6.96. The third-order valence-electron chi connectivity index (χ3n) is 5.64. The number of aryl methyl sites for hydroxylation is 1. The molecule has 2 aliphatic rings. The molecule has 2 aliphatic carbocycles. The summed E-state index contributed by atoms with van der Waals surface area (Å²) in [4.78, 5) is 0. The summed E-state index contributed by atoms with van der Waals surface area (Å²) in [5.74, 6) is 3.72. The maximum absolute atomic E-state index is 5.77. The van der Waals surface area contributed by atoms with Gasteiger partial charge in [0.15, 0.2) is 0 Å². The number of hydrogen-bond acceptors (Lipinski definition) is 2. The molecule has 3 heteroatoms. The predicted molar refractivity (Wildman–Crippen MR) is 90.9 cm³/mol. The van der Waals surface area contributed by atoms with Crippen LogP contribution < -0.4 is 10.1 Å². The van der Waals surface area contributed by atoms with Crippen LogP contribution in [-0.2, 0) is 0 Å². The van der Waals surface area contributed by atoms with Gasteiger partial charge in [-0.15, -0.1) is 0 Å². The molecule has 116 valence electrons. The molecule has 0 aromatic heterocycles. The smallest absolute Gasteiger partial charge is 0.126 e. The lowest BCUT2D eigenvalue weighted by atomic mass is 9.92. The van der Waals surface area contributed by atoms with E-state index < -0.39 is 0 Å². The normalized spacial score (nSPS) is 28.9. The Morgan fingerprint density at radius 3 is 2.38 bits per heavy atom. The van der Waals surface area contributed by atoms with Crippen molar-refractivity contribution in [3.63, 3.8) is 0 Å². The summed E-state index contributed by atoms with van der Waals surface area (Å²) in [6.07, 6.45) is 5.67. The highest BCUT2D eigenvalue weighted by molar-refractivity contribution is 9.10. The molecule has 2 fully saturated rings. The van der Waals surface area contributed by atoms with Crippen LogP contribution in [0.5, 0.6) is 5.75 Å². The first kappa shape index (κ1) is 15.4. The van der Waals surface area contributed by atoms with Gasteiger partial charge in [-0.25, -0.2) is 0 Å². The number of ether oxygens (including phenoxy) is 1. The topological polar surface area (TPSA) is 21.3 Å².